The van der Waals surface area contributed by atoms with Gasteiger partial charge in [0.1, 0.15) is 11.3 Å². The number of rotatable bonds is 7. The van der Waals surface area contributed by atoms with Crippen molar-refractivity contribution in [2.75, 3.05) is 27.7 Å². The van der Waals surface area contributed by atoms with Crippen LogP contribution >= 0.6 is 0 Å². The molecule has 0 radical (unpaired) electrons. The molecule has 2 aromatic heterocycles. The smallest absolute Gasteiger partial charge is 0.349 e. The third-order valence-electron chi connectivity index (χ3n) is 8.01. The van der Waals surface area contributed by atoms with Crippen LogP contribution in [0.25, 0.3) is 27.6 Å². The van der Waals surface area contributed by atoms with Crippen LogP contribution in [0.1, 0.15) is 41.6 Å². The van der Waals surface area contributed by atoms with Gasteiger partial charge in [-0.1, -0.05) is 18.2 Å². The van der Waals surface area contributed by atoms with Gasteiger partial charge in [0.05, 0.1) is 63.1 Å². The van der Waals surface area contributed by atoms with Crippen LogP contribution in [0.5, 0.6) is 0 Å². The van der Waals surface area contributed by atoms with Crippen molar-refractivity contribution in [1.29, 1.82) is 0 Å². The summed E-state index contributed by atoms with van der Waals surface area (Å²) in [7, 11) is 8.00. The van der Waals surface area contributed by atoms with Crippen molar-refractivity contribution in [3.05, 3.63) is 93.7 Å². The molecular weight excluding hydrogens is 571 g/mol. The lowest BCUT2D eigenvalue weighted by Crippen LogP contribution is -2.43. The van der Waals surface area contributed by atoms with Crippen LogP contribution in [0.4, 0.5) is 18.9 Å². The minimum Gasteiger partial charge on any atom is -0.349 e. The Hall–Kier alpha value is -4.63. The maximum Gasteiger partial charge on any atom is 0.416 e. The fourth-order valence-electron chi connectivity index (χ4n) is 6.09. The molecule has 1 saturated carbocycles. The molecule has 0 saturated heterocycles. The van der Waals surface area contributed by atoms with Crippen molar-refractivity contribution in [2.45, 2.75) is 37.9 Å². The number of nitrogens with one attached hydrogen (secondary N) is 1. The number of amides is 1. The predicted octanol–water partition coefficient (Wildman–Crippen LogP) is 5.59. The minimum absolute atomic E-state index is 0.0269. The summed E-state index contributed by atoms with van der Waals surface area (Å²) in [5, 5.41) is 7.45. The highest BCUT2D eigenvalue weighted by atomic mass is 19.4. The van der Waals surface area contributed by atoms with Crippen LogP contribution in [0.3, 0.4) is 0 Å². The largest absolute Gasteiger partial charge is 0.416 e. The summed E-state index contributed by atoms with van der Waals surface area (Å²) in [6.07, 6.45) is 0.334. The van der Waals surface area contributed by atoms with Gasteiger partial charge in [0, 0.05) is 19.0 Å². The van der Waals surface area contributed by atoms with E-state index >= 15 is 0 Å². The Morgan fingerprint density at radius 1 is 1.05 bits per heavy atom. The Labute approximate surface area is 253 Å². The molecule has 0 aliphatic heterocycles. The first-order valence-electron chi connectivity index (χ1n) is 14.4. The Bertz CT molecular complexity index is 1760. The molecule has 12 heteroatoms. The quantitative estimate of drug-likeness (QED) is 0.220. The zero-order valence-electron chi connectivity index (χ0n) is 25.1. The van der Waals surface area contributed by atoms with Crippen molar-refractivity contribution in [3.8, 4) is 22.8 Å². The molecule has 0 bridgehead atoms. The van der Waals surface area contributed by atoms with E-state index in [1.54, 1.807) is 30.3 Å². The lowest BCUT2D eigenvalue weighted by molar-refractivity contribution is -0.874. The fraction of sp³-hybridized carbons (Fsp3) is 0.375. The lowest BCUT2D eigenvalue weighted by atomic mass is 9.85. The first-order chi connectivity index (χ1) is 20.8. The average Bonchev–Trinajstić information content (AvgIpc) is 3.54. The number of carbonyl (C=O) groups is 1. The molecule has 2 heterocycles. The van der Waals surface area contributed by atoms with E-state index in [0.29, 0.717) is 23.0 Å². The van der Waals surface area contributed by atoms with E-state index in [1.165, 1.54) is 34.7 Å². The second-order valence-corrected chi connectivity index (χ2v) is 12.3. The number of nitrogens with zero attached hydrogens (tertiary/aromatic N) is 6. The van der Waals surface area contributed by atoms with Gasteiger partial charge in [0.2, 0.25) is 0 Å². The summed E-state index contributed by atoms with van der Waals surface area (Å²) in [6, 6.07) is 12.6. The molecule has 230 valence electrons. The van der Waals surface area contributed by atoms with E-state index in [9.17, 15) is 22.8 Å². The number of hydrogen-bond donors (Lipinski definition) is 1. The van der Waals surface area contributed by atoms with Crippen LogP contribution in [-0.2, 0) is 13.2 Å². The zero-order chi connectivity index (χ0) is 31.8. The molecule has 4 aromatic rings. The number of hydrogen-bond acceptors (Lipinski definition) is 3. The molecule has 2 aromatic carbocycles. The Morgan fingerprint density at radius 3 is 2.34 bits per heavy atom. The van der Waals surface area contributed by atoms with Crippen molar-refractivity contribution in [1.82, 2.24) is 24.5 Å². The third-order valence-corrected chi connectivity index (χ3v) is 8.01. The van der Waals surface area contributed by atoms with Crippen LogP contribution < -0.4 is 10.9 Å². The average molecular weight is 607 g/mol. The van der Waals surface area contributed by atoms with Gasteiger partial charge in [0.25, 0.3) is 11.5 Å². The molecule has 1 amide bonds. The van der Waals surface area contributed by atoms with Crippen LogP contribution in [0.2, 0.25) is 0 Å². The van der Waals surface area contributed by atoms with E-state index in [-0.39, 0.29) is 23.0 Å². The van der Waals surface area contributed by atoms with Crippen LogP contribution in [0.15, 0.2) is 65.6 Å². The Balaban J connectivity index is 1.58. The molecular formula is C32H35F3N7O2+. The molecule has 0 spiro atoms. The summed E-state index contributed by atoms with van der Waals surface area (Å²) in [4.78, 5) is 31.4. The summed E-state index contributed by atoms with van der Waals surface area (Å²) in [5.74, 6) is -0.0466. The zero-order valence-corrected chi connectivity index (χ0v) is 25.1. The first-order valence-corrected chi connectivity index (χ1v) is 14.4. The van der Waals surface area contributed by atoms with E-state index in [2.05, 4.69) is 36.4 Å². The molecule has 1 fully saturated rings. The SMILES string of the molecule is [C-]#[N+]c1ccc(-n2nccc2-c2c(C(=O)NC3CCC(C[N+](C)(C)C)CC3)c(=O)n(-c3cccc(C(F)(F)F)c3)n2C)cc1. The maximum absolute atomic E-state index is 14.0. The fourth-order valence-corrected chi connectivity index (χ4v) is 6.09. The summed E-state index contributed by atoms with van der Waals surface area (Å²) in [5.41, 5.74) is -0.252. The molecule has 0 unspecified atom stereocenters. The molecule has 1 aliphatic carbocycles. The molecule has 44 heavy (non-hydrogen) atoms. The topological polar surface area (TPSA) is 78.2 Å². The lowest BCUT2D eigenvalue weighted by Gasteiger charge is -2.34. The van der Waals surface area contributed by atoms with E-state index < -0.39 is 23.2 Å². The van der Waals surface area contributed by atoms with Crippen molar-refractivity contribution in [3.63, 3.8) is 0 Å². The summed E-state index contributed by atoms with van der Waals surface area (Å²) in [6.45, 7) is 8.27. The third kappa shape index (κ3) is 6.33. The monoisotopic (exact) mass is 606 g/mol. The second-order valence-electron chi connectivity index (χ2n) is 12.3. The van der Waals surface area contributed by atoms with Gasteiger partial charge in [-0.05, 0) is 62.1 Å². The van der Waals surface area contributed by atoms with Crippen LogP contribution in [-0.4, -0.2) is 63.3 Å². The van der Waals surface area contributed by atoms with Crippen molar-refractivity contribution in [2.24, 2.45) is 13.0 Å². The molecule has 1 N–H and O–H groups in total. The summed E-state index contributed by atoms with van der Waals surface area (Å²) >= 11 is 0. The van der Waals surface area contributed by atoms with Gasteiger partial charge >= 0.3 is 6.18 Å². The molecule has 9 nitrogen and oxygen atoms in total. The van der Waals surface area contributed by atoms with Crippen LogP contribution in [0, 0.1) is 12.5 Å². The van der Waals surface area contributed by atoms with E-state index in [1.807, 2.05) is 0 Å². The molecule has 0 atom stereocenters. The standard InChI is InChI=1S/C32H34F3N7O2/c1-36-23-13-15-25(16-14-23)40-27(17-18-37-40)29-28(30(43)38-24-11-9-21(10-12-24)20-42(3,4)5)31(44)41(39(29)2)26-8-6-7-22(19-26)32(33,34)35/h6-8,13-19,21,24H,9-12,20H2,2-5H3/p+1. The van der Waals surface area contributed by atoms with Gasteiger partial charge in [0.15, 0.2) is 5.69 Å². The van der Waals surface area contributed by atoms with Gasteiger partial charge in [-0.2, -0.15) is 18.3 Å². The van der Waals surface area contributed by atoms with Gasteiger partial charge < -0.3 is 9.80 Å². The predicted molar refractivity (Wildman–Crippen MR) is 161 cm³/mol. The first kappa shape index (κ1) is 30.8. The second kappa shape index (κ2) is 11.8. The minimum atomic E-state index is -4.62. The number of aromatic nitrogens is 4. The van der Waals surface area contributed by atoms with Crippen molar-refractivity contribution < 1.29 is 22.4 Å². The molecule has 1 aliphatic rings. The Morgan fingerprint density at radius 2 is 1.73 bits per heavy atom. The molecule has 5 rings (SSSR count). The number of halogens is 3. The van der Waals surface area contributed by atoms with E-state index in [0.717, 1.165) is 53.5 Å². The normalized spacial score (nSPS) is 17.3. The number of alkyl halides is 3. The van der Waals surface area contributed by atoms with Gasteiger partial charge in [-0.15, -0.1) is 0 Å². The highest BCUT2D eigenvalue weighted by Crippen LogP contribution is 2.32. The van der Waals surface area contributed by atoms with Gasteiger partial charge in [-0.25, -0.2) is 14.2 Å². The summed E-state index contributed by atoms with van der Waals surface area (Å²) < 4.78 is 45.7. The van der Waals surface area contributed by atoms with E-state index in [4.69, 9.17) is 6.57 Å². The highest BCUT2D eigenvalue weighted by Gasteiger charge is 2.33. The Kier molecular flexibility index (Phi) is 8.27. The number of carbonyl (C=O) groups excluding carboxylic acids is 1. The highest BCUT2D eigenvalue weighted by molar-refractivity contribution is 6.00. The maximum atomic E-state index is 14.0. The number of benzene rings is 2. The number of quaternary nitrogens is 1. The van der Waals surface area contributed by atoms with Crippen molar-refractivity contribution >= 4 is 11.6 Å². The van der Waals surface area contributed by atoms with Gasteiger partial charge in [-0.3, -0.25) is 14.3 Å².